The van der Waals surface area contributed by atoms with Gasteiger partial charge >= 0.3 is 0 Å². The van der Waals surface area contributed by atoms with Gasteiger partial charge in [-0.15, -0.1) is 0 Å². The number of benzene rings is 1. The summed E-state index contributed by atoms with van der Waals surface area (Å²) in [4.78, 5) is 4.05. The Hall–Kier alpha value is -1.92. The standard InChI is InChI=1S/C14H17N3O2S/c1-11-3-4-14(13(15)9-11)20(18,19)17(2)10-12-5-7-16-8-6-12/h3-9H,10,15H2,1-2H3. The van der Waals surface area contributed by atoms with Gasteiger partial charge < -0.3 is 5.73 Å². The number of hydrogen-bond acceptors (Lipinski definition) is 4. The van der Waals surface area contributed by atoms with Crippen molar-refractivity contribution in [1.29, 1.82) is 0 Å². The average molecular weight is 291 g/mol. The van der Waals surface area contributed by atoms with E-state index in [1.165, 1.54) is 11.4 Å². The molecule has 2 aromatic rings. The molecular weight excluding hydrogens is 274 g/mol. The zero-order valence-electron chi connectivity index (χ0n) is 11.4. The van der Waals surface area contributed by atoms with Crippen molar-refractivity contribution in [3.63, 3.8) is 0 Å². The number of anilines is 1. The molecule has 0 unspecified atom stereocenters. The number of aryl methyl sites for hydroxylation is 1. The first-order valence-corrected chi connectivity index (χ1v) is 7.56. The number of nitrogen functional groups attached to an aromatic ring is 1. The highest BCUT2D eigenvalue weighted by Gasteiger charge is 2.23. The topological polar surface area (TPSA) is 76.3 Å². The van der Waals surface area contributed by atoms with Crippen LogP contribution in [0.5, 0.6) is 0 Å². The fourth-order valence-electron chi connectivity index (χ4n) is 1.90. The van der Waals surface area contributed by atoms with Crippen LogP contribution in [0.2, 0.25) is 0 Å². The van der Waals surface area contributed by atoms with E-state index in [0.717, 1.165) is 11.1 Å². The Kier molecular flexibility index (Phi) is 4.06. The maximum atomic E-state index is 12.5. The zero-order chi connectivity index (χ0) is 14.8. The van der Waals surface area contributed by atoms with Gasteiger partial charge in [-0.05, 0) is 42.3 Å². The Bertz CT molecular complexity index is 700. The first-order chi connectivity index (χ1) is 9.41. The van der Waals surface area contributed by atoms with E-state index in [2.05, 4.69) is 4.98 Å². The lowest BCUT2D eigenvalue weighted by molar-refractivity contribution is 0.467. The molecule has 0 aliphatic rings. The molecule has 0 aliphatic carbocycles. The number of nitrogens with zero attached hydrogens (tertiary/aromatic N) is 2. The minimum absolute atomic E-state index is 0.139. The molecule has 0 saturated carbocycles. The Morgan fingerprint density at radius 1 is 1.20 bits per heavy atom. The van der Waals surface area contributed by atoms with Gasteiger partial charge in [0.2, 0.25) is 10.0 Å². The monoisotopic (exact) mass is 291 g/mol. The predicted molar refractivity (Wildman–Crippen MR) is 78.5 cm³/mol. The van der Waals surface area contributed by atoms with Crippen LogP contribution in [0.3, 0.4) is 0 Å². The van der Waals surface area contributed by atoms with Crippen LogP contribution < -0.4 is 5.73 Å². The van der Waals surface area contributed by atoms with Gasteiger partial charge in [-0.1, -0.05) is 6.07 Å². The van der Waals surface area contributed by atoms with Gasteiger partial charge in [-0.3, -0.25) is 4.98 Å². The number of pyridine rings is 1. The zero-order valence-corrected chi connectivity index (χ0v) is 12.3. The molecular formula is C14H17N3O2S. The van der Waals surface area contributed by atoms with Crippen LogP contribution in [0.4, 0.5) is 5.69 Å². The summed E-state index contributed by atoms with van der Waals surface area (Å²) < 4.78 is 26.3. The molecule has 106 valence electrons. The summed E-state index contributed by atoms with van der Waals surface area (Å²) in [5.74, 6) is 0. The summed E-state index contributed by atoms with van der Waals surface area (Å²) in [5.41, 5.74) is 7.89. The van der Waals surface area contributed by atoms with Crippen LogP contribution in [0, 0.1) is 6.92 Å². The van der Waals surface area contributed by atoms with Crippen LogP contribution in [-0.4, -0.2) is 24.8 Å². The summed E-state index contributed by atoms with van der Waals surface area (Å²) in [6.07, 6.45) is 3.27. The molecule has 0 atom stereocenters. The van der Waals surface area contributed by atoms with Gasteiger partial charge in [0, 0.05) is 26.0 Å². The summed E-state index contributed by atoms with van der Waals surface area (Å²) >= 11 is 0. The number of hydrogen-bond donors (Lipinski definition) is 1. The predicted octanol–water partition coefficient (Wildman–Crippen LogP) is 1.79. The van der Waals surface area contributed by atoms with E-state index in [1.807, 2.05) is 6.92 Å². The molecule has 6 heteroatoms. The number of rotatable bonds is 4. The minimum atomic E-state index is -3.60. The van der Waals surface area contributed by atoms with Crippen molar-refractivity contribution in [1.82, 2.24) is 9.29 Å². The molecule has 2 rings (SSSR count). The van der Waals surface area contributed by atoms with Gasteiger partial charge in [0.05, 0.1) is 5.69 Å². The Balaban J connectivity index is 2.30. The summed E-state index contributed by atoms with van der Waals surface area (Å²) in [7, 11) is -2.06. The molecule has 0 aliphatic heterocycles. The summed E-state index contributed by atoms with van der Waals surface area (Å²) in [6.45, 7) is 2.14. The summed E-state index contributed by atoms with van der Waals surface area (Å²) in [5, 5.41) is 0. The third-order valence-corrected chi connectivity index (χ3v) is 4.89. The van der Waals surface area contributed by atoms with Crippen LogP contribution in [0.1, 0.15) is 11.1 Å². The molecule has 0 bridgehead atoms. The molecule has 20 heavy (non-hydrogen) atoms. The number of aromatic nitrogens is 1. The van der Waals surface area contributed by atoms with E-state index in [0.29, 0.717) is 0 Å². The lowest BCUT2D eigenvalue weighted by Gasteiger charge is -2.18. The fourth-order valence-corrected chi connectivity index (χ4v) is 3.15. The van der Waals surface area contributed by atoms with Crippen molar-refractivity contribution in [2.75, 3.05) is 12.8 Å². The Labute approximate surface area is 119 Å². The third kappa shape index (κ3) is 2.97. The molecule has 0 fully saturated rings. The van der Waals surface area contributed by atoms with E-state index >= 15 is 0 Å². The van der Waals surface area contributed by atoms with E-state index in [4.69, 9.17) is 5.73 Å². The SMILES string of the molecule is Cc1ccc(S(=O)(=O)N(C)Cc2ccncc2)c(N)c1. The van der Waals surface area contributed by atoms with Crippen molar-refractivity contribution in [2.24, 2.45) is 0 Å². The quantitative estimate of drug-likeness (QED) is 0.871. The molecule has 0 radical (unpaired) electrons. The van der Waals surface area contributed by atoms with Crippen molar-refractivity contribution in [2.45, 2.75) is 18.4 Å². The largest absolute Gasteiger partial charge is 0.398 e. The van der Waals surface area contributed by atoms with Gasteiger partial charge in [-0.25, -0.2) is 8.42 Å². The molecule has 1 heterocycles. The van der Waals surface area contributed by atoms with Gasteiger partial charge in [0.1, 0.15) is 4.90 Å². The molecule has 0 amide bonds. The molecule has 0 spiro atoms. The first-order valence-electron chi connectivity index (χ1n) is 6.12. The highest BCUT2D eigenvalue weighted by molar-refractivity contribution is 7.89. The second-order valence-corrected chi connectivity index (χ2v) is 6.67. The van der Waals surface area contributed by atoms with Gasteiger partial charge in [0.15, 0.2) is 0 Å². The maximum absolute atomic E-state index is 12.5. The van der Waals surface area contributed by atoms with E-state index in [-0.39, 0.29) is 17.1 Å². The lowest BCUT2D eigenvalue weighted by Crippen LogP contribution is -2.27. The van der Waals surface area contributed by atoms with Crippen molar-refractivity contribution in [3.8, 4) is 0 Å². The highest BCUT2D eigenvalue weighted by atomic mass is 32.2. The van der Waals surface area contributed by atoms with Crippen LogP contribution in [0.15, 0.2) is 47.6 Å². The third-order valence-electron chi connectivity index (χ3n) is 3.01. The second kappa shape index (κ2) is 5.60. The summed E-state index contributed by atoms with van der Waals surface area (Å²) in [6, 6.07) is 8.51. The normalized spacial score (nSPS) is 11.8. The molecule has 0 saturated heterocycles. The number of sulfonamides is 1. The Morgan fingerprint density at radius 3 is 2.45 bits per heavy atom. The molecule has 1 aromatic carbocycles. The van der Waals surface area contributed by atoms with Crippen molar-refractivity contribution >= 4 is 15.7 Å². The fraction of sp³-hybridized carbons (Fsp3) is 0.214. The minimum Gasteiger partial charge on any atom is -0.398 e. The molecule has 5 nitrogen and oxygen atoms in total. The molecule has 1 aromatic heterocycles. The second-order valence-electron chi connectivity index (χ2n) is 4.66. The van der Waals surface area contributed by atoms with Crippen molar-refractivity contribution in [3.05, 3.63) is 53.9 Å². The van der Waals surface area contributed by atoms with E-state index < -0.39 is 10.0 Å². The average Bonchev–Trinajstić information content (AvgIpc) is 2.39. The van der Waals surface area contributed by atoms with E-state index in [9.17, 15) is 8.42 Å². The maximum Gasteiger partial charge on any atom is 0.245 e. The van der Waals surface area contributed by atoms with Crippen LogP contribution in [0.25, 0.3) is 0 Å². The lowest BCUT2D eigenvalue weighted by atomic mass is 10.2. The Morgan fingerprint density at radius 2 is 1.85 bits per heavy atom. The smallest absolute Gasteiger partial charge is 0.245 e. The highest BCUT2D eigenvalue weighted by Crippen LogP contribution is 2.23. The number of nitrogens with two attached hydrogens (primary N) is 1. The molecule has 2 N–H and O–H groups in total. The van der Waals surface area contributed by atoms with Gasteiger partial charge in [-0.2, -0.15) is 4.31 Å². The van der Waals surface area contributed by atoms with Crippen molar-refractivity contribution < 1.29 is 8.42 Å². The van der Waals surface area contributed by atoms with Gasteiger partial charge in [0.25, 0.3) is 0 Å². The van der Waals surface area contributed by atoms with Crippen LogP contribution >= 0.6 is 0 Å². The first kappa shape index (κ1) is 14.5. The van der Waals surface area contributed by atoms with E-state index in [1.54, 1.807) is 42.7 Å². The van der Waals surface area contributed by atoms with Crippen LogP contribution in [-0.2, 0) is 16.6 Å².